The Bertz CT molecular complexity index is 708. The molecule has 2 aromatic carbocycles. The molecule has 0 fully saturated rings. The Kier molecular flexibility index (Phi) is 3.52. The van der Waals surface area contributed by atoms with E-state index in [1.165, 1.54) is 4.31 Å². The zero-order valence-electron chi connectivity index (χ0n) is 11.3. The highest BCUT2D eigenvalue weighted by atomic mass is 32.2. The number of hydrogen-bond donors (Lipinski definition) is 1. The molecule has 0 spiro atoms. The molecular formula is C14H18N2O2S. The lowest BCUT2D eigenvalue weighted by Gasteiger charge is -2.21. The van der Waals surface area contributed by atoms with E-state index in [2.05, 4.69) is 0 Å². The highest BCUT2D eigenvalue weighted by Gasteiger charge is 2.24. The summed E-state index contributed by atoms with van der Waals surface area (Å²) in [7, 11) is -1.89. The van der Waals surface area contributed by atoms with Gasteiger partial charge in [0.2, 0.25) is 10.0 Å². The van der Waals surface area contributed by atoms with Crippen LogP contribution >= 0.6 is 0 Å². The van der Waals surface area contributed by atoms with Gasteiger partial charge in [-0.15, -0.1) is 0 Å². The molecule has 0 aliphatic carbocycles. The van der Waals surface area contributed by atoms with E-state index in [4.69, 9.17) is 5.73 Å². The largest absolute Gasteiger partial charge is 0.399 e. The van der Waals surface area contributed by atoms with E-state index in [0.717, 1.165) is 5.39 Å². The first kappa shape index (κ1) is 13.8. The van der Waals surface area contributed by atoms with Gasteiger partial charge in [0.1, 0.15) is 0 Å². The predicted octanol–water partition coefficient (Wildman–Crippen LogP) is 2.45. The van der Waals surface area contributed by atoms with Crippen molar-refractivity contribution in [1.82, 2.24) is 4.31 Å². The lowest BCUT2D eigenvalue weighted by Crippen LogP contribution is -2.33. The van der Waals surface area contributed by atoms with Crippen LogP contribution in [0.1, 0.15) is 13.8 Å². The molecule has 102 valence electrons. The molecule has 0 aromatic heterocycles. The molecule has 0 bridgehead atoms. The topological polar surface area (TPSA) is 63.4 Å². The van der Waals surface area contributed by atoms with Crippen molar-refractivity contribution in [3.63, 3.8) is 0 Å². The van der Waals surface area contributed by atoms with Gasteiger partial charge in [-0.25, -0.2) is 8.42 Å². The summed E-state index contributed by atoms with van der Waals surface area (Å²) in [5.41, 5.74) is 6.36. The molecule has 0 saturated carbocycles. The number of benzene rings is 2. The second-order valence-electron chi connectivity index (χ2n) is 4.85. The van der Waals surface area contributed by atoms with Crippen LogP contribution in [-0.2, 0) is 10.0 Å². The van der Waals surface area contributed by atoms with Gasteiger partial charge in [0.15, 0.2) is 0 Å². The highest BCUT2D eigenvalue weighted by molar-refractivity contribution is 7.89. The summed E-state index contributed by atoms with van der Waals surface area (Å²) < 4.78 is 26.5. The average molecular weight is 278 g/mol. The van der Waals surface area contributed by atoms with Gasteiger partial charge >= 0.3 is 0 Å². The van der Waals surface area contributed by atoms with Crippen molar-refractivity contribution in [3.05, 3.63) is 36.4 Å². The van der Waals surface area contributed by atoms with Gasteiger partial charge in [0, 0.05) is 24.2 Å². The number of hydrogen-bond acceptors (Lipinski definition) is 3. The molecule has 2 N–H and O–H groups in total. The normalized spacial score (nSPS) is 12.5. The van der Waals surface area contributed by atoms with Crippen LogP contribution in [0.4, 0.5) is 5.69 Å². The third-order valence-corrected chi connectivity index (χ3v) is 5.34. The summed E-state index contributed by atoms with van der Waals surface area (Å²) in [6, 6.07) is 10.4. The molecule has 5 heteroatoms. The van der Waals surface area contributed by atoms with Crippen molar-refractivity contribution in [2.75, 3.05) is 12.8 Å². The van der Waals surface area contributed by atoms with E-state index in [-0.39, 0.29) is 6.04 Å². The van der Waals surface area contributed by atoms with Crippen LogP contribution in [-0.4, -0.2) is 25.8 Å². The molecule has 0 saturated heterocycles. The Morgan fingerprint density at radius 1 is 1.16 bits per heavy atom. The standard InChI is InChI=1S/C14H18N2O2S/c1-10(2)16(3)19(17,18)14-6-4-5-11-9-12(15)7-8-13(11)14/h4-10H,15H2,1-3H3. The zero-order valence-corrected chi connectivity index (χ0v) is 12.1. The summed E-state index contributed by atoms with van der Waals surface area (Å²) in [6.45, 7) is 3.70. The van der Waals surface area contributed by atoms with Crippen molar-refractivity contribution in [2.24, 2.45) is 0 Å². The van der Waals surface area contributed by atoms with Crippen LogP contribution in [0, 0.1) is 0 Å². The fourth-order valence-corrected chi connectivity index (χ4v) is 3.51. The van der Waals surface area contributed by atoms with Crippen molar-refractivity contribution in [3.8, 4) is 0 Å². The summed E-state index contributed by atoms with van der Waals surface area (Å²) >= 11 is 0. The van der Waals surface area contributed by atoms with E-state index >= 15 is 0 Å². The van der Waals surface area contributed by atoms with Gasteiger partial charge in [0.05, 0.1) is 4.90 Å². The SMILES string of the molecule is CC(C)N(C)S(=O)(=O)c1cccc2cc(N)ccc12. The third kappa shape index (κ3) is 2.43. The van der Waals surface area contributed by atoms with Gasteiger partial charge < -0.3 is 5.73 Å². The van der Waals surface area contributed by atoms with Crippen LogP contribution in [0.3, 0.4) is 0 Å². The third-order valence-electron chi connectivity index (χ3n) is 3.25. The lowest BCUT2D eigenvalue weighted by molar-refractivity contribution is 0.411. The number of anilines is 1. The van der Waals surface area contributed by atoms with E-state index in [9.17, 15) is 8.42 Å². The summed E-state index contributed by atoms with van der Waals surface area (Å²) in [5.74, 6) is 0. The van der Waals surface area contributed by atoms with Crippen molar-refractivity contribution >= 4 is 26.5 Å². The van der Waals surface area contributed by atoms with E-state index < -0.39 is 10.0 Å². The summed E-state index contributed by atoms with van der Waals surface area (Å²) in [5, 5.41) is 1.53. The minimum absolute atomic E-state index is 0.0889. The molecule has 0 atom stereocenters. The van der Waals surface area contributed by atoms with E-state index in [1.807, 2.05) is 19.9 Å². The fourth-order valence-electron chi connectivity index (χ4n) is 1.93. The Hall–Kier alpha value is -1.59. The predicted molar refractivity (Wildman–Crippen MR) is 78.4 cm³/mol. The van der Waals surface area contributed by atoms with Gasteiger partial charge in [-0.05, 0) is 37.4 Å². The number of nitrogens with zero attached hydrogens (tertiary/aromatic N) is 1. The molecule has 0 radical (unpaired) electrons. The minimum atomic E-state index is -3.49. The van der Waals surface area contributed by atoms with Gasteiger partial charge in [-0.2, -0.15) is 4.31 Å². The Labute approximate surface area is 113 Å². The Morgan fingerprint density at radius 3 is 2.47 bits per heavy atom. The van der Waals surface area contributed by atoms with E-state index in [1.54, 1.807) is 37.4 Å². The quantitative estimate of drug-likeness (QED) is 0.877. The van der Waals surface area contributed by atoms with Crippen LogP contribution in [0.2, 0.25) is 0 Å². The van der Waals surface area contributed by atoms with Gasteiger partial charge in [0.25, 0.3) is 0 Å². The maximum Gasteiger partial charge on any atom is 0.243 e. The Balaban J connectivity index is 2.70. The lowest BCUT2D eigenvalue weighted by atomic mass is 10.1. The summed E-state index contributed by atoms with van der Waals surface area (Å²) in [4.78, 5) is 0.321. The molecule has 0 unspecified atom stereocenters. The van der Waals surface area contributed by atoms with Crippen LogP contribution < -0.4 is 5.73 Å². The minimum Gasteiger partial charge on any atom is -0.399 e. The maximum absolute atomic E-state index is 12.6. The number of fused-ring (bicyclic) bond motifs is 1. The molecular weight excluding hydrogens is 260 g/mol. The first-order valence-corrected chi connectivity index (χ1v) is 7.54. The fraction of sp³-hybridized carbons (Fsp3) is 0.286. The monoisotopic (exact) mass is 278 g/mol. The maximum atomic E-state index is 12.6. The average Bonchev–Trinajstić information content (AvgIpc) is 2.36. The molecule has 2 rings (SSSR count). The first-order valence-electron chi connectivity index (χ1n) is 6.10. The van der Waals surface area contributed by atoms with Crippen LogP contribution in [0.5, 0.6) is 0 Å². The second-order valence-corrected chi connectivity index (χ2v) is 6.82. The van der Waals surface area contributed by atoms with Crippen LogP contribution in [0.25, 0.3) is 10.8 Å². The van der Waals surface area contributed by atoms with Crippen molar-refractivity contribution < 1.29 is 8.42 Å². The highest BCUT2D eigenvalue weighted by Crippen LogP contribution is 2.27. The second kappa shape index (κ2) is 4.83. The number of sulfonamides is 1. The molecule has 0 aliphatic heterocycles. The first-order chi connectivity index (χ1) is 8.84. The molecule has 19 heavy (non-hydrogen) atoms. The van der Waals surface area contributed by atoms with Gasteiger partial charge in [-0.3, -0.25) is 0 Å². The van der Waals surface area contributed by atoms with Crippen LogP contribution in [0.15, 0.2) is 41.3 Å². The molecule has 0 heterocycles. The van der Waals surface area contributed by atoms with E-state index in [0.29, 0.717) is 16.0 Å². The molecule has 0 amide bonds. The van der Waals surface area contributed by atoms with Crippen molar-refractivity contribution in [2.45, 2.75) is 24.8 Å². The van der Waals surface area contributed by atoms with Gasteiger partial charge in [-0.1, -0.05) is 18.2 Å². The number of rotatable bonds is 3. The zero-order chi connectivity index (χ0) is 14.2. The Morgan fingerprint density at radius 2 is 1.84 bits per heavy atom. The van der Waals surface area contributed by atoms with Crippen molar-refractivity contribution in [1.29, 1.82) is 0 Å². The molecule has 2 aromatic rings. The number of nitrogen functional groups attached to an aromatic ring is 1. The smallest absolute Gasteiger partial charge is 0.243 e. The molecule has 4 nitrogen and oxygen atoms in total. The summed E-state index contributed by atoms with van der Waals surface area (Å²) in [6.07, 6.45) is 0. The molecule has 0 aliphatic rings. The number of nitrogens with two attached hydrogens (primary N) is 1.